The summed E-state index contributed by atoms with van der Waals surface area (Å²) in [4.78, 5) is 16.5. The second kappa shape index (κ2) is 4.35. The van der Waals surface area contributed by atoms with Crippen LogP contribution in [-0.2, 0) is 0 Å². The molecule has 0 N–H and O–H groups in total. The third kappa shape index (κ3) is 1.93. The Morgan fingerprint density at radius 3 is 2.53 bits per heavy atom. The van der Waals surface area contributed by atoms with E-state index < -0.39 is 0 Å². The largest absolute Gasteiger partial charge is 0.274 e. The van der Waals surface area contributed by atoms with Crippen molar-refractivity contribution in [3.8, 4) is 11.4 Å². The molecule has 0 aliphatic carbocycles. The predicted molar refractivity (Wildman–Crippen MR) is 76.2 cm³/mol. The molecule has 19 heavy (non-hydrogen) atoms. The first-order valence-electron chi connectivity index (χ1n) is 6.22. The van der Waals surface area contributed by atoms with Gasteiger partial charge in [0.1, 0.15) is 5.82 Å². The smallest absolute Gasteiger partial charge is 0.229 e. The van der Waals surface area contributed by atoms with Crippen molar-refractivity contribution >= 4 is 16.9 Å². The molecule has 3 heteroatoms. The fourth-order valence-corrected chi connectivity index (χ4v) is 2.29. The zero-order valence-corrected chi connectivity index (χ0v) is 10.9. The van der Waals surface area contributed by atoms with E-state index in [1.807, 2.05) is 55.5 Å². The van der Waals surface area contributed by atoms with Crippen LogP contribution in [0.1, 0.15) is 17.3 Å². The molecule has 3 nitrogen and oxygen atoms in total. The molecular weight excluding hydrogens is 236 g/mol. The van der Waals surface area contributed by atoms with Crippen LogP contribution in [0.4, 0.5) is 0 Å². The van der Waals surface area contributed by atoms with Crippen LogP contribution in [0.5, 0.6) is 0 Å². The maximum absolute atomic E-state index is 11.9. The minimum atomic E-state index is -0.0230. The Morgan fingerprint density at radius 2 is 1.84 bits per heavy atom. The number of hydrogen-bond acceptors (Lipinski definition) is 2. The maximum atomic E-state index is 11.9. The van der Waals surface area contributed by atoms with E-state index in [0.717, 1.165) is 22.2 Å². The van der Waals surface area contributed by atoms with Crippen LogP contribution in [0.2, 0.25) is 0 Å². The number of nitrogens with zero attached hydrogens (tertiary/aromatic N) is 2. The first kappa shape index (κ1) is 11.7. The second-order valence-electron chi connectivity index (χ2n) is 4.65. The fourth-order valence-electron chi connectivity index (χ4n) is 2.29. The topological polar surface area (TPSA) is 34.9 Å². The minimum absolute atomic E-state index is 0.0230. The van der Waals surface area contributed by atoms with Crippen molar-refractivity contribution in [3.63, 3.8) is 0 Å². The van der Waals surface area contributed by atoms with Crippen LogP contribution in [0.3, 0.4) is 0 Å². The molecule has 0 atom stereocenters. The van der Waals surface area contributed by atoms with Gasteiger partial charge in [-0.25, -0.2) is 4.98 Å². The summed E-state index contributed by atoms with van der Waals surface area (Å²) in [5.41, 5.74) is 3.80. The Kier molecular flexibility index (Phi) is 2.67. The maximum Gasteiger partial charge on any atom is 0.229 e. The summed E-state index contributed by atoms with van der Waals surface area (Å²) in [6.07, 6.45) is 0. The van der Waals surface area contributed by atoms with Gasteiger partial charge in [-0.15, -0.1) is 0 Å². The Morgan fingerprint density at radius 1 is 1.11 bits per heavy atom. The van der Waals surface area contributed by atoms with Gasteiger partial charge >= 0.3 is 0 Å². The van der Waals surface area contributed by atoms with E-state index in [9.17, 15) is 4.79 Å². The molecule has 0 spiro atoms. The third-order valence-electron chi connectivity index (χ3n) is 3.16. The molecule has 94 valence electrons. The fraction of sp³-hybridized carbons (Fsp3) is 0.125. The lowest BCUT2D eigenvalue weighted by molar-refractivity contribution is 0.0943. The molecule has 1 aromatic heterocycles. The SMILES string of the molecule is CC(=O)n1c(-c2ccccc2)nc2cc(C)ccc21. The summed E-state index contributed by atoms with van der Waals surface area (Å²) in [5.74, 6) is 0.680. The van der Waals surface area contributed by atoms with Crippen molar-refractivity contribution in [2.45, 2.75) is 13.8 Å². The number of rotatable bonds is 1. The van der Waals surface area contributed by atoms with Gasteiger partial charge in [0.05, 0.1) is 11.0 Å². The average molecular weight is 250 g/mol. The highest BCUT2D eigenvalue weighted by molar-refractivity contribution is 5.94. The number of imidazole rings is 1. The number of fused-ring (bicyclic) bond motifs is 1. The molecule has 0 bridgehead atoms. The standard InChI is InChI=1S/C16H14N2O/c1-11-8-9-15-14(10-11)17-16(18(15)12(2)19)13-6-4-3-5-7-13/h3-10H,1-2H3. The van der Waals surface area contributed by atoms with Crippen molar-refractivity contribution in [2.24, 2.45) is 0 Å². The number of carbonyl (C=O) groups is 1. The first-order chi connectivity index (χ1) is 9.16. The molecular formula is C16H14N2O. The van der Waals surface area contributed by atoms with Crippen molar-refractivity contribution in [1.29, 1.82) is 0 Å². The van der Waals surface area contributed by atoms with E-state index >= 15 is 0 Å². The lowest BCUT2D eigenvalue weighted by atomic mass is 10.2. The van der Waals surface area contributed by atoms with Crippen LogP contribution in [0, 0.1) is 6.92 Å². The van der Waals surface area contributed by atoms with Gasteiger partial charge in [0.15, 0.2) is 0 Å². The van der Waals surface area contributed by atoms with Crippen molar-refractivity contribution < 1.29 is 4.79 Å². The molecule has 2 aromatic carbocycles. The van der Waals surface area contributed by atoms with Crippen molar-refractivity contribution in [2.75, 3.05) is 0 Å². The molecule has 3 rings (SSSR count). The van der Waals surface area contributed by atoms with Gasteiger partial charge in [-0.2, -0.15) is 0 Å². The van der Waals surface area contributed by atoms with Gasteiger partial charge in [-0.1, -0.05) is 36.4 Å². The lowest BCUT2D eigenvalue weighted by Gasteiger charge is -2.04. The minimum Gasteiger partial charge on any atom is -0.274 e. The molecule has 0 aliphatic heterocycles. The highest BCUT2D eigenvalue weighted by Crippen LogP contribution is 2.25. The van der Waals surface area contributed by atoms with Crippen LogP contribution in [0.15, 0.2) is 48.5 Å². The van der Waals surface area contributed by atoms with Gasteiger partial charge < -0.3 is 0 Å². The van der Waals surface area contributed by atoms with Crippen molar-refractivity contribution in [1.82, 2.24) is 9.55 Å². The highest BCUT2D eigenvalue weighted by Gasteiger charge is 2.15. The zero-order chi connectivity index (χ0) is 13.4. The molecule has 0 amide bonds. The molecule has 0 unspecified atom stereocenters. The summed E-state index contributed by atoms with van der Waals surface area (Å²) < 4.78 is 1.67. The van der Waals surface area contributed by atoms with E-state index in [-0.39, 0.29) is 5.91 Å². The number of hydrogen-bond donors (Lipinski definition) is 0. The van der Waals surface area contributed by atoms with E-state index in [4.69, 9.17) is 0 Å². The number of benzene rings is 2. The van der Waals surface area contributed by atoms with E-state index in [2.05, 4.69) is 4.98 Å². The van der Waals surface area contributed by atoms with Crippen LogP contribution < -0.4 is 0 Å². The monoisotopic (exact) mass is 250 g/mol. The Bertz CT molecular complexity index is 757. The van der Waals surface area contributed by atoms with Crippen molar-refractivity contribution in [3.05, 3.63) is 54.1 Å². The predicted octanol–water partition coefficient (Wildman–Crippen LogP) is 3.67. The highest BCUT2D eigenvalue weighted by atomic mass is 16.1. The number of aryl methyl sites for hydroxylation is 1. The van der Waals surface area contributed by atoms with Gasteiger partial charge in [0.25, 0.3) is 0 Å². The average Bonchev–Trinajstić information content (AvgIpc) is 2.78. The van der Waals surface area contributed by atoms with E-state index in [1.54, 1.807) is 11.5 Å². The van der Waals surface area contributed by atoms with E-state index in [0.29, 0.717) is 5.82 Å². The van der Waals surface area contributed by atoms with E-state index in [1.165, 1.54) is 0 Å². The Balaban J connectivity index is 2.35. The first-order valence-corrected chi connectivity index (χ1v) is 6.22. The zero-order valence-electron chi connectivity index (χ0n) is 10.9. The Labute approximate surface area is 111 Å². The second-order valence-corrected chi connectivity index (χ2v) is 4.65. The van der Waals surface area contributed by atoms with Gasteiger partial charge in [0.2, 0.25) is 5.91 Å². The Hall–Kier alpha value is -2.42. The summed E-state index contributed by atoms with van der Waals surface area (Å²) in [6.45, 7) is 3.59. The molecule has 0 saturated carbocycles. The summed E-state index contributed by atoms with van der Waals surface area (Å²) >= 11 is 0. The van der Waals surface area contributed by atoms with Crippen LogP contribution in [-0.4, -0.2) is 15.5 Å². The molecule has 0 fully saturated rings. The third-order valence-corrected chi connectivity index (χ3v) is 3.16. The van der Waals surface area contributed by atoms with Gasteiger partial charge in [-0.3, -0.25) is 9.36 Å². The summed E-state index contributed by atoms with van der Waals surface area (Å²) in [6, 6.07) is 15.7. The summed E-state index contributed by atoms with van der Waals surface area (Å²) in [5, 5.41) is 0. The molecule has 1 heterocycles. The number of carbonyl (C=O) groups excluding carboxylic acids is 1. The lowest BCUT2D eigenvalue weighted by Crippen LogP contribution is -2.07. The molecule has 0 aliphatic rings. The molecule has 3 aromatic rings. The molecule has 0 saturated heterocycles. The normalized spacial score (nSPS) is 10.8. The number of aromatic nitrogens is 2. The van der Waals surface area contributed by atoms with Crippen LogP contribution >= 0.6 is 0 Å². The summed E-state index contributed by atoms with van der Waals surface area (Å²) in [7, 11) is 0. The van der Waals surface area contributed by atoms with Gasteiger partial charge in [-0.05, 0) is 24.6 Å². The quantitative estimate of drug-likeness (QED) is 0.660. The molecule has 0 radical (unpaired) electrons. The van der Waals surface area contributed by atoms with Gasteiger partial charge in [0, 0.05) is 12.5 Å². The van der Waals surface area contributed by atoms with Crippen LogP contribution in [0.25, 0.3) is 22.4 Å².